The zero-order valence-corrected chi connectivity index (χ0v) is 7.98. The van der Waals surface area contributed by atoms with Gasteiger partial charge in [-0.2, -0.15) is 5.10 Å². The van der Waals surface area contributed by atoms with Gasteiger partial charge in [0, 0.05) is 11.8 Å². The molecule has 0 aliphatic heterocycles. The number of nitrogens with zero attached hydrogens (tertiary/aromatic N) is 2. The minimum absolute atomic E-state index is 0.587. The quantitative estimate of drug-likeness (QED) is 0.707. The summed E-state index contributed by atoms with van der Waals surface area (Å²) in [7, 11) is 0. The first-order valence-electron chi connectivity index (χ1n) is 4.05. The predicted molar refractivity (Wildman–Crippen MR) is 54.0 cm³/mol. The Morgan fingerprint density at radius 1 is 1.29 bits per heavy atom. The fourth-order valence-electron chi connectivity index (χ4n) is 1.15. The van der Waals surface area contributed by atoms with Crippen LogP contribution in [0.1, 0.15) is 10.4 Å². The van der Waals surface area contributed by atoms with Gasteiger partial charge in [0.05, 0.1) is 16.9 Å². The van der Waals surface area contributed by atoms with Gasteiger partial charge < -0.3 is 0 Å². The monoisotopic (exact) mass is 206 g/mol. The van der Waals surface area contributed by atoms with E-state index < -0.39 is 0 Å². The molecule has 3 nitrogen and oxygen atoms in total. The molecule has 4 heteroatoms. The van der Waals surface area contributed by atoms with Crippen molar-refractivity contribution in [1.82, 2.24) is 9.78 Å². The van der Waals surface area contributed by atoms with E-state index in [1.165, 1.54) is 0 Å². The van der Waals surface area contributed by atoms with Crippen LogP contribution >= 0.6 is 11.6 Å². The van der Waals surface area contributed by atoms with E-state index in [0.717, 1.165) is 12.0 Å². The van der Waals surface area contributed by atoms with Crippen molar-refractivity contribution in [2.45, 2.75) is 0 Å². The Morgan fingerprint density at radius 2 is 2.00 bits per heavy atom. The van der Waals surface area contributed by atoms with Crippen LogP contribution in [0.4, 0.5) is 0 Å². The van der Waals surface area contributed by atoms with Crippen LogP contribution in [0, 0.1) is 0 Å². The molecular weight excluding hydrogens is 200 g/mol. The van der Waals surface area contributed by atoms with Gasteiger partial charge in [-0.15, -0.1) is 0 Å². The average Bonchev–Trinajstić information content (AvgIpc) is 2.65. The number of aromatic nitrogens is 2. The smallest absolute Gasteiger partial charge is 0.150 e. The van der Waals surface area contributed by atoms with Crippen molar-refractivity contribution >= 4 is 17.9 Å². The minimum Gasteiger partial charge on any atom is -0.298 e. The van der Waals surface area contributed by atoms with Crippen molar-refractivity contribution in [2.24, 2.45) is 0 Å². The molecule has 1 heterocycles. The molecule has 0 aliphatic carbocycles. The molecule has 0 aliphatic rings. The van der Waals surface area contributed by atoms with Crippen molar-refractivity contribution in [3.63, 3.8) is 0 Å². The fraction of sp³-hybridized carbons (Fsp3) is 0. The molecule has 0 radical (unpaired) electrons. The predicted octanol–water partition coefficient (Wildman–Crippen LogP) is 2.34. The van der Waals surface area contributed by atoms with Crippen LogP contribution in [0.5, 0.6) is 0 Å². The maximum Gasteiger partial charge on any atom is 0.150 e. The highest BCUT2D eigenvalue weighted by Gasteiger charge is 1.98. The molecule has 0 saturated carbocycles. The average molecular weight is 207 g/mol. The summed E-state index contributed by atoms with van der Waals surface area (Å²) in [4.78, 5) is 10.4. The molecule has 1 aromatic carbocycles. The van der Waals surface area contributed by atoms with Crippen LogP contribution in [0.15, 0.2) is 36.7 Å². The highest BCUT2D eigenvalue weighted by molar-refractivity contribution is 6.30. The summed E-state index contributed by atoms with van der Waals surface area (Å²) in [6, 6.07) is 7.09. The number of hydrogen-bond donors (Lipinski definition) is 0. The zero-order valence-electron chi connectivity index (χ0n) is 7.22. The normalized spacial score (nSPS) is 10.1. The summed E-state index contributed by atoms with van der Waals surface area (Å²) in [5.74, 6) is 0. The Bertz CT molecular complexity index is 447. The Hall–Kier alpha value is -1.61. The van der Waals surface area contributed by atoms with Crippen LogP contribution < -0.4 is 0 Å². The van der Waals surface area contributed by atoms with E-state index in [9.17, 15) is 4.79 Å². The van der Waals surface area contributed by atoms with Crippen molar-refractivity contribution in [2.75, 3.05) is 0 Å². The molecule has 70 valence electrons. The van der Waals surface area contributed by atoms with E-state index >= 15 is 0 Å². The first-order valence-corrected chi connectivity index (χ1v) is 4.43. The lowest BCUT2D eigenvalue weighted by atomic mass is 10.2. The second kappa shape index (κ2) is 3.64. The third-order valence-corrected chi connectivity index (χ3v) is 2.04. The summed E-state index contributed by atoms with van der Waals surface area (Å²) in [6.07, 6.45) is 4.08. The second-order valence-electron chi connectivity index (χ2n) is 2.81. The third kappa shape index (κ3) is 1.67. The molecule has 2 aromatic rings. The minimum atomic E-state index is 0.587. The molecule has 0 atom stereocenters. The summed E-state index contributed by atoms with van der Waals surface area (Å²) in [6.45, 7) is 0. The molecule has 0 amide bonds. The largest absolute Gasteiger partial charge is 0.298 e. The topological polar surface area (TPSA) is 34.9 Å². The summed E-state index contributed by atoms with van der Waals surface area (Å²) in [5.41, 5.74) is 1.52. The maximum atomic E-state index is 10.4. The SMILES string of the molecule is O=Cc1ccc(-n2cc(Cl)cn2)cc1. The molecule has 2 rings (SSSR count). The standard InChI is InChI=1S/C10H7ClN2O/c11-9-5-12-13(6-9)10-3-1-8(7-14)2-4-10/h1-7H. The van der Waals surface area contributed by atoms with E-state index in [1.807, 2.05) is 12.1 Å². The number of carbonyl (C=O) groups is 1. The molecule has 14 heavy (non-hydrogen) atoms. The molecule has 0 spiro atoms. The maximum absolute atomic E-state index is 10.4. The fourth-order valence-corrected chi connectivity index (χ4v) is 1.28. The van der Waals surface area contributed by atoms with Crippen molar-refractivity contribution in [3.8, 4) is 5.69 Å². The van der Waals surface area contributed by atoms with Crippen LogP contribution in [0.2, 0.25) is 5.02 Å². The Labute approximate surface area is 85.9 Å². The van der Waals surface area contributed by atoms with Gasteiger partial charge in [0.25, 0.3) is 0 Å². The molecule has 0 N–H and O–H groups in total. The van der Waals surface area contributed by atoms with E-state index in [-0.39, 0.29) is 0 Å². The van der Waals surface area contributed by atoms with Crippen LogP contribution in [0.3, 0.4) is 0 Å². The van der Waals surface area contributed by atoms with Crippen LogP contribution in [-0.2, 0) is 0 Å². The van der Waals surface area contributed by atoms with Gasteiger partial charge >= 0.3 is 0 Å². The van der Waals surface area contributed by atoms with Crippen molar-refractivity contribution < 1.29 is 4.79 Å². The van der Waals surface area contributed by atoms with Gasteiger partial charge in [0.2, 0.25) is 0 Å². The lowest BCUT2D eigenvalue weighted by molar-refractivity contribution is 0.112. The van der Waals surface area contributed by atoms with Gasteiger partial charge in [0.15, 0.2) is 0 Å². The molecule has 0 bridgehead atoms. The first kappa shape index (κ1) is 8.97. The van der Waals surface area contributed by atoms with Crippen molar-refractivity contribution in [3.05, 3.63) is 47.2 Å². The molecule has 0 saturated heterocycles. The Balaban J connectivity index is 2.38. The number of rotatable bonds is 2. The molecule has 1 aromatic heterocycles. The lowest BCUT2D eigenvalue weighted by Crippen LogP contribution is -1.93. The molecule has 0 fully saturated rings. The Morgan fingerprint density at radius 3 is 2.50 bits per heavy atom. The van der Waals surface area contributed by atoms with Gasteiger partial charge in [0.1, 0.15) is 6.29 Å². The van der Waals surface area contributed by atoms with Gasteiger partial charge in [-0.1, -0.05) is 11.6 Å². The van der Waals surface area contributed by atoms with E-state index in [4.69, 9.17) is 11.6 Å². The number of hydrogen-bond acceptors (Lipinski definition) is 2. The van der Waals surface area contributed by atoms with Crippen LogP contribution in [0.25, 0.3) is 5.69 Å². The van der Waals surface area contributed by atoms with E-state index in [0.29, 0.717) is 10.6 Å². The number of aldehydes is 1. The Kier molecular flexibility index (Phi) is 2.33. The highest BCUT2D eigenvalue weighted by atomic mass is 35.5. The highest BCUT2D eigenvalue weighted by Crippen LogP contribution is 2.11. The summed E-state index contributed by atoms with van der Waals surface area (Å²) < 4.78 is 1.65. The van der Waals surface area contributed by atoms with E-state index in [1.54, 1.807) is 29.2 Å². The van der Waals surface area contributed by atoms with Gasteiger partial charge in [-0.25, -0.2) is 4.68 Å². The molecular formula is C10H7ClN2O. The zero-order chi connectivity index (χ0) is 9.97. The molecule has 0 unspecified atom stereocenters. The van der Waals surface area contributed by atoms with Gasteiger partial charge in [-0.3, -0.25) is 4.79 Å². The van der Waals surface area contributed by atoms with Gasteiger partial charge in [-0.05, 0) is 24.3 Å². The third-order valence-electron chi connectivity index (χ3n) is 1.84. The second-order valence-corrected chi connectivity index (χ2v) is 3.25. The lowest BCUT2D eigenvalue weighted by Gasteiger charge is -1.99. The van der Waals surface area contributed by atoms with Crippen LogP contribution in [-0.4, -0.2) is 16.1 Å². The summed E-state index contributed by atoms with van der Waals surface area (Å²) >= 11 is 5.73. The number of carbonyl (C=O) groups excluding carboxylic acids is 1. The van der Waals surface area contributed by atoms with Crippen molar-refractivity contribution in [1.29, 1.82) is 0 Å². The summed E-state index contributed by atoms with van der Waals surface area (Å²) in [5, 5.41) is 4.63. The van der Waals surface area contributed by atoms with E-state index in [2.05, 4.69) is 5.10 Å². The number of halogens is 1. The first-order chi connectivity index (χ1) is 6.79. The number of benzene rings is 1.